The molecule has 0 radical (unpaired) electrons. The summed E-state index contributed by atoms with van der Waals surface area (Å²) < 4.78 is 1.34. The van der Waals surface area contributed by atoms with Gasteiger partial charge in [-0.3, -0.25) is 0 Å². The molecule has 0 unspecified atom stereocenters. The Bertz CT molecular complexity index is 556. The van der Waals surface area contributed by atoms with Gasteiger partial charge in [-0.2, -0.15) is 11.3 Å². The van der Waals surface area contributed by atoms with E-state index in [-0.39, 0.29) is 40.0 Å². The summed E-state index contributed by atoms with van der Waals surface area (Å²) >= 11 is 1.82. The van der Waals surface area contributed by atoms with E-state index >= 15 is 0 Å². The molecule has 0 spiro atoms. The van der Waals surface area contributed by atoms with Crippen molar-refractivity contribution in [1.82, 2.24) is 0 Å². The Balaban J connectivity index is 0.000000722. The van der Waals surface area contributed by atoms with Gasteiger partial charge in [-0.05, 0) is 16.3 Å². The van der Waals surface area contributed by atoms with Crippen LogP contribution in [-0.2, 0) is 0 Å². The largest absolute Gasteiger partial charge is 2.00 e. The summed E-state index contributed by atoms with van der Waals surface area (Å²) in [6.07, 6.45) is 0. The van der Waals surface area contributed by atoms with Gasteiger partial charge in [0, 0.05) is 4.70 Å². The average Bonchev–Trinajstić information content (AvgIpc) is 2.74. The molecule has 0 atom stereocenters. The molecule has 0 saturated carbocycles. The van der Waals surface area contributed by atoms with Crippen LogP contribution in [0.1, 0.15) is 0 Å². The first-order chi connectivity index (χ1) is 7.43. The molecule has 0 amide bonds. The Labute approximate surface area is 132 Å². The van der Waals surface area contributed by atoms with Gasteiger partial charge >= 0.3 is 23.1 Å². The minimum atomic E-state index is 0. The Morgan fingerprint density at radius 3 is 2.41 bits per heavy atom. The summed E-state index contributed by atoms with van der Waals surface area (Å²) in [5.74, 6) is 0. The molecule has 0 aliphatic carbocycles. The summed E-state index contributed by atoms with van der Waals surface area (Å²) in [4.78, 5) is 1.29. The second-order valence-corrected chi connectivity index (χ2v) is 4.51. The predicted molar refractivity (Wildman–Crippen MR) is 71.9 cm³/mol. The number of hydrogen-bond donors (Lipinski definition) is 0. The number of hydrogen-bond acceptors (Lipinski definition) is 1. The molecule has 3 heteroatoms. The van der Waals surface area contributed by atoms with Crippen molar-refractivity contribution in [2.24, 2.45) is 0 Å². The minimum Gasteiger partial charge on any atom is -1.00 e. The molecule has 3 aromatic rings. The quantitative estimate of drug-likeness (QED) is 0.464. The van der Waals surface area contributed by atoms with Crippen LogP contribution in [0.2, 0.25) is 0 Å². The van der Waals surface area contributed by atoms with Crippen molar-refractivity contribution >= 4 is 44.5 Å². The standard InChI is InChI=1S/C14H9S.BrH.Mg/c1-2-6-11(7-3-1)14-10-12-8-4-5-9-13(12)15-14;;/h1-6,8-10H;1H;/q-1;;+2/p-1. The number of rotatable bonds is 1. The van der Waals surface area contributed by atoms with E-state index in [4.69, 9.17) is 0 Å². The molecule has 0 fully saturated rings. The van der Waals surface area contributed by atoms with Crippen LogP contribution in [0, 0.1) is 6.07 Å². The van der Waals surface area contributed by atoms with E-state index in [0.717, 1.165) is 0 Å². The number of fused-ring (bicyclic) bond motifs is 1. The Hall–Kier alpha value is -0.354. The summed E-state index contributed by atoms with van der Waals surface area (Å²) in [7, 11) is 0. The minimum absolute atomic E-state index is 0. The van der Waals surface area contributed by atoms with E-state index in [2.05, 4.69) is 48.5 Å². The van der Waals surface area contributed by atoms with Gasteiger partial charge in [0.05, 0.1) is 0 Å². The predicted octanol–water partition coefficient (Wildman–Crippen LogP) is 0.992. The molecule has 1 aromatic heterocycles. The summed E-state index contributed by atoms with van der Waals surface area (Å²) in [6.45, 7) is 0. The van der Waals surface area contributed by atoms with Crippen LogP contribution in [0.25, 0.3) is 20.5 Å². The number of thiophene rings is 1. The van der Waals surface area contributed by atoms with Crippen LogP contribution in [0.15, 0.2) is 54.6 Å². The molecule has 80 valence electrons. The van der Waals surface area contributed by atoms with E-state index in [9.17, 15) is 0 Å². The maximum atomic E-state index is 3.26. The number of halogens is 1. The normalized spacial score (nSPS) is 9.41. The van der Waals surface area contributed by atoms with Crippen molar-refractivity contribution < 1.29 is 17.0 Å². The fraction of sp³-hybridized carbons (Fsp3) is 0. The van der Waals surface area contributed by atoms with Crippen molar-refractivity contribution in [2.45, 2.75) is 0 Å². The van der Waals surface area contributed by atoms with E-state index in [1.807, 2.05) is 23.5 Å². The zero-order valence-corrected chi connectivity index (χ0v) is 13.0. The van der Waals surface area contributed by atoms with Crippen LogP contribution >= 0.6 is 11.3 Å². The first-order valence-corrected chi connectivity index (χ1v) is 5.71. The third-order valence-corrected chi connectivity index (χ3v) is 3.55. The third kappa shape index (κ3) is 3.10. The maximum absolute atomic E-state index is 3.26. The van der Waals surface area contributed by atoms with E-state index in [1.54, 1.807) is 0 Å². The van der Waals surface area contributed by atoms with Crippen LogP contribution in [-0.4, -0.2) is 23.1 Å². The van der Waals surface area contributed by atoms with Gasteiger partial charge in [0.25, 0.3) is 0 Å². The molecule has 0 nitrogen and oxygen atoms in total. The van der Waals surface area contributed by atoms with Gasteiger partial charge in [-0.25, -0.2) is 0 Å². The Morgan fingerprint density at radius 2 is 1.71 bits per heavy atom. The average molecular weight is 314 g/mol. The topological polar surface area (TPSA) is 0 Å². The molecule has 0 saturated heterocycles. The second kappa shape index (κ2) is 6.54. The summed E-state index contributed by atoms with van der Waals surface area (Å²) in [6, 6.07) is 22.1. The van der Waals surface area contributed by atoms with Crippen LogP contribution in [0.3, 0.4) is 0 Å². The van der Waals surface area contributed by atoms with Crippen LogP contribution in [0.4, 0.5) is 0 Å². The molecule has 2 aromatic carbocycles. The van der Waals surface area contributed by atoms with Gasteiger partial charge in [-0.15, -0.1) is 35.9 Å². The van der Waals surface area contributed by atoms with E-state index < -0.39 is 0 Å². The SMILES string of the molecule is [Br-].[Mg+2].[c-]1ccccc1-c1cc2ccccc2s1. The smallest absolute Gasteiger partial charge is 1.00 e. The molecule has 0 aliphatic heterocycles. The third-order valence-electron chi connectivity index (χ3n) is 2.40. The fourth-order valence-electron chi connectivity index (χ4n) is 1.66. The molecule has 0 bridgehead atoms. The first-order valence-electron chi connectivity index (χ1n) is 4.89. The maximum Gasteiger partial charge on any atom is 2.00 e. The molecule has 17 heavy (non-hydrogen) atoms. The van der Waals surface area contributed by atoms with Gasteiger partial charge < -0.3 is 17.0 Å². The summed E-state index contributed by atoms with van der Waals surface area (Å²) in [5, 5.41) is 1.31. The van der Waals surface area contributed by atoms with E-state index in [0.29, 0.717) is 0 Å². The van der Waals surface area contributed by atoms with Gasteiger partial charge in [0.2, 0.25) is 0 Å². The summed E-state index contributed by atoms with van der Waals surface area (Å²) in [5.41, 5.74) is 1.18. The zero-order chi connectivity index (χ0) is 10.1. The zero-order valence-electron chi connectivity index (χ0n) is 9.19. The Morgan fingerprint density at radius 1 is 0.941 bits per heavy atom. The van der Waals surface area contributed by atoms with E-state index in [1.165, 1.54) is 20.5 Å². The Kier molecular flexibility index (Phi) is 5.66. The first kappa shape index (κ1) is 14.7. The molecule has 3 rings (SSSR count). The van der Waals surface area contributed by atoms with Gasteiger partial charge in [-0.1, -0.05) is 24.3 Å². The van der Waals surface area contributed by atoms with Crippen molar-refractivity contribution in [2.75, 3.05) is 0 Å². The van der Waals surface area contributed by atoms with Crippen LogP contribution in [0.5, 0.6) is 0 Å². The van der Waals surface area contributed by atoms with Gasteiger partial charge in [0.15, 0.2) is 0 Å². The second-order valence-electron chi connectivity index (χ2n) is 3.42. The monoisotopic (exact) mass is 312 g/mol. The molecular weight excluding hydrogens is 304 g/mol. The van der Waals surface area contributed by atoms with Crippen molar-refractivity contribution in [3.8, 4) is 10.4 Å². The van der Waals surface area contributed by atoms with Crippen molar-refractivity contribution in [3.63, 3.8) is 0 Å². The molecule has 0 N–H and O–H groups in total. The molecule has 1 heterocycles. The van der Waals surface area contributed by atoms with Crippen molar-refractivity contribution in [1.29, 1.82) is 0 Å². The number of benzene rings is 2. The van der Waals surface area contributed by atoms with Crippen molar-refractivity contribution in [3.05, 3.63) is 60.7 Å². The fourth-order valence-corrected chi connectivity index (χ4v) is 2.71. The van der Waals surface area contributed by atoms with Gasteiger partial charge in [0.1, 0.15) is 0 Å². The van der Waals surface area contributed by atoms with Crippen LogP contribution < -0.4 is 17.0 Å². The molecular formula is C14H9BrMgS. The molecule has 0 aliphatic rings.